The van der Waals surface area contributed by atoms with E-state index < -0.39 is 11.7 Å². The van der Waals surface area contributed by atoms with Crippen molar-refractivity contribution in [2.24, 2.45) is 0 Å². The normalized spacial score (nSPS) is 13.4. The number of para-hydroxylation sites is 1. The van der Waals surface area contributed by atoms with Gasteiger partial charge >= 0.3 is 12.2 Å². The van der Waals surface area contributed by atoms with Crippen molar-refractivity contribution in [2.75, 3.05) is 17.6 Å². The Morgan fingerprint density at radius 2 is 1.88 bits per heavy atom. The lowest BCUT2D eigenvalue weighted by Gasteiger charge is -2.30. The van der Waals surface area contributed by atoms with Gasteiger partial charge in [0.25, 0.3) is 0 Å². The number of alkyl halides is 3. The van der Waals surface area contributed by atoms with E-state index in [1.165, 1.54) is 12.1 Å². The maximum absolute atomic E-state index is 13.1. The van der Waals surface area contributed by atoms with Gasteiger partial charge < -0.3 is 16.0 Å². The van der Waals surface area contributed by atoms with E-state index in [1.54, 1.807) is 23.2 Å². The molecule has 4 rings (SSSR count). The topological polar surface area (TPSA) is 95.1 Å². The monoisotopic (exact) mass is 439 g/mol. The van der Waals surface area contributed by atoms with Crippen molar-refractivity contribution in [3.8, 4) is 0 Å². The van der Waals surface area contributed by atoms with Crippen LogP contribution in [0.25, 0.3) is 0 Å². The highest BCUT2D eigenvalue weighted by Gasteiger charge is 2.31. The molecule has 0 fully saturated rings. The number of nitrogens with two attached hydrogens (primary N) is 1. The summed E-state index contributed by atoms with van der Waals surface area (Å²) in [5.41, 5.74) is 7.60. The molecule has 0 saturated carbocycles. The first-order valence-corrected chi connectivity index (χ1v) is 9.88. The van der Waals surface area contributed by atoms with Crippen molar-refractivity contribution in [1.82, 2.24) is 9.88 Å². The number of urea groups is 1. The predicted octanol–water partition coefficient (Wildman–Crippen LogP) is 4.69. The quantitative estimate of drug-likeness (QED) is 0.517. The Kier molecular flexibility index (Phi) is 5.56. The molecule has 0 radical (unpaired) electrons. The Hall–Kier alpha value is -3.88. The minimum atomic E-state index is -4.51. The fourth-order valence-corrected chi connectivity index (χ4v) is 3.73. The molecule has 1 aromatic heterocycles. The van der Waals surface area contributed by atoms with Gasteiger partial charge in [-0.25, -0.2) is 9.78 Å². The van der Waals surface area contributed by atoms with Crippen molar-refractivity contribution in [3.05, 3.63) is 88.6 Å². The van der Waals surface area contributed by atoms with E-state index in [0.29, 0.717) is 29.8 Å². The molecular formula is C23H20F3N5O. The highest BCUT2D eigenvalue weighted by Crippen LogP contribution is 2.32. The van der Waals surface area contributed by atoms with Crippen LogP contribution in [0.1, 0.15) is 27.8 Å². The number of nitrogen functional groups attached to an aromatic ring is 1. The summed E-state index contributed by atoms with van der Waals surface area (Å²) in [5.74, 6) is 0.0772. The van der Waals surface area contributed by atoms with Gasteiger partial charge in [-0.3, -0.25) is 5.41 Å². The molecule has 1 aliphatic heterocycles. The molecule has 0 atom stereocenters. The number of anilines is 2. The van der Waals surface area contributed by atoms with Crippen LogP contribution in [0, 0.1) is 5.41 Å². The van der Waals surface area contributed by atoms with Gasteiger partial charge in [0.15, 0.2) is 0 Å². The van der Waals surface area contributed by atoms with Gasteiger partial charge in [-0.1, -0.05) is 30.3 Å². The molecule has 2 heterocycles. The van der Waals surface area contributed by atoms with E-state index >= 15 is 0 Å². The molecule has 9 heteroatoms. The lowest BCUT2D eigenvalue weighted by Crippen LogP contribution is -2.39. The van der Waals surface area contributed by atoms with Crippen LogP contribution in [0.3, 0.4) is 0 Å². The fourth-order valence-electron chi connectivity index (χ4n) is 3.73. The lowest BCUT2D eigenvalue weighted by molar-refractivity contribution is -0.137. The second kappa shape index (κ2) is 8.33. The van der Waals surface area contributed by atoms with Crippen molar-refractivity contribution < 1.29 is 18.0 Å². The Bertz CT molecular complexity index is 1180. The van der Waals surface area contributed by atoms with Gasteiger partial charge in [-0.05, 0) is 41.8 Å². The van der Waals surface area contributed by atoms with E-state index in [-0.39, 0.29) is 29.7 Å². The van der Waals surface area contributed by atoms with Crippen molar-refractivity contribution in [2.45, 2.75) is 19.1 Å². The zero-order chi connectivity index (χ0) is 22.9. The fraction of sp³-hybridized carbons (Fsp3) is 0.174. The minimum absolute atomic E-state index is 0.0772. The van der Waals surface area contributed by atoms with Crippen LogP contribution in [0.15, 0.2) is 60.8 Å². The van der Waals surface area contributed by atoms with Crippen LogP contribution in [-0.2, 0) is 19.1 Å². The summed E-state index contributed by atoms with van der Waals surface area (Å²) in [5, 5.41) is 11.4. The van der Waals surface area contributed by atoms with Crippen molar-refractivity contribution >= 4 is 23.2 Å². The average molecular weight is 439 g/mol. The molecule has 2 amide bonds. The molecule has 0 saturated heterocycles. The molecule has 6 nitrogen and oxygen atoms in total. The number of amides is 2. The maximum atomic E-state index is 13.1. The smallest absolute Gasteiger partial charge is 0.383 e. The highest BCUT2D eigenvalue weighted by atomic mass is 19.4. The first kappa shape index (κ1) is 21.4. The summed E-state index contributed by atoms with van der Waals surface area (Å²) in [6.07, 6.45) is -2.56. The molecule has 3 aromatic rings. The van der Waals surface area contributed by atoms with Crippen LogP contribution in [0.5, 0.6) is 0 Å². The highest BCUT2D eigenvalue weighted by molar-refractivity contribution is 6.14. The number of pyridine rings is 1. The molecule has 4 N–H and O–H groups in total. The number of rotatable bonds is 3. The Morgan fingerprint density at radius 1 is 1.12 bits per heavy atom. The number of halogens is 3. The lowest BCUT2D eigenvalue weighted by atomic mass is 9.91. The molecule has 0 bridgehead atoms. The standard InChI is InChI=1S/C23H20F3N5O/c24-23(25,26)16-6-4-5-14(11-16)20(27)19-18-9-10-31(13-15(18)12-29-21(19)28)22(32)30-17-7-2-1-3-8-17/h1-8,11-12,27H,9-10,13H2,(H2,28,29)(H,30,32). The van der Waals surface area contributed by atoms with Gasteiger partial charge in [0.2, 0.25) is 0 Å². The van der Waals surface area contributed by atoms with Gasteiger partial charge in [0, 0.05) is 36.1 Å². The largest absolute Gasteiger partial charge is 0.416 e. The van der Waals surface area contributed by atoms with Crippen LogP contribution in [0.2, 0.25) is 0 Å². The zero-order valence-electron chi connectivity index (χ0n) is 16.9. The van der Waals surface area contributed by atoms with Gasteiger partial charge in [-0.2, -0.15) is 13.2 Å². The molecule has 0 unspecified atom stereocenters. The predicted molar refractivity (Wildman–Crippen MR) is 116 cm³/mol. The van der Waals surface area contributed by atoms with Crippen molar-refractivity contribution in [1.29, 1.82) is 5.41 Å². The van der Waals surface area contributed by atoms with E-state index in [2.05, 4.69) is 10.3 Å². The third-order valence-electron chi connectivity index (χ3n) is 5.34. The maximum Gasteiger partial charge on any atom is 0.416 e. The SMILES string of the molecule is N=C(c1cccc(C(F)(F)F)c1)c1c(N)ncc2c1CCN(C(=O)Nc1ccccc1)C2. The summed E-state index contributed by atoms with van der Waals surface area (Å²) in [6.45, 7) is 0.627. The second-order valence-corrected chi connectivity index (χ2v) is 7.44. The summed E-state index contributed by atoms with van der Waals surface area (Å²) >= 11 is 0. The number of fused-ring (bicyclic) bond motifs is 1. The van der Waals surface area contributed by atoms with Crippen molar-refractivity contribution in [3.63, 3.8) is 0 Å². The Morgan fingerprint density at radius 3 is 2.59 bits per heavy atom. The van der Waals surface area contributed by atoms with Gasteiger partial charge in [0.05, 0.1) is 11.3 Å². The summed E-state index contributed by atoms with van der Waals surface area (Å²) in [6, 6.07) is 13.4. The average Bonchev–Trinajstić information content (AvgIpc) is 2.78. The van der Waals surface area contributed by atoms with Crippen LogP contribution in [0.4, 0.5) is 29.5 Å². The number of nitrogens with one attached hydrogen (secondary N) is 2. The molecule has 0 aliphatic carbocycles. The number of carbonyl (C=O) groups excluding carboxylic acids is 1. The summed E-state index contributed by atoms with van der Waals surface area (Å²) in [7, 11) is 0. The Labute approximate surface area is 182 Å². The van der Waals surface area contributed by atoms with Gasteiger partial charge in [-0.15, -0.1) is 0 Å². The first-order valence-electron chi connectivity index (χ1n) is 9.88. The molecule has 2 aromatic carbocycles. The molecular weight excluding hydrogens is 419 g/mol. The van der Waals surface area contributed by atoms with Crippen LogP contribution < -0.4 is 11.1 Å². The Balaban J connectivity index is 1.60. The van der Waals surface area contributed by atoms with E-state index in [0.717, 1.165) is 17.7 Å². The number of nitrogens with zero attached hydrogens (tertiary/aromatic N) is 2. The number of hydrogen-bond acceptors (Lipinski definition) is 4. The van der Waals surface area contributed by atoms with E-state index in [9.17, 15) is 18.0 Å². The first-order chi connectivity index (χ1) is 15.2. The van der Waals surface area contributed by atoms with Crippen LogP contribution >= 0.6 is 0 Å². The summed E-state index contributed by atoms with van der Waals surface area (Å²) < 4.78 is 39.3. The number of aromatic nitrogens is 1. The number of carbonyl (C=O) groups is 1. The van der Waals surface area contributed by atoms with E-state index in [4.69, 9.17) is 11.1 Å². The molecule has 0 spiro atoms. The van der Waals surface area contributed by atoms with Gasteiger partial charge in [0.1, 0.15) is 5.82 Å². The molecule has 164 valence electrons. The van der Waals surface area contributed by atoms with E-state index in [1.807, 2.05) is 18.2 Å². The minimum Gasteiger partial charge on any atom is -0.383 e. The molecule has 1 aliphatic rings. The zero-order valence-corrected chi connectivity index (χ0v) is 16.9. The third kappa shape index (κ3) is 4.27. The second-order valence-electron chi connectivity index (χ2n) is 7.44. The molecule has 32 heavy (non-hydrogen) atoms. The third-order valence-corrected chi connectivity index (χ3v) is 5.34. The van der Waals surface area contributed by atoms with Crippen LogP contribution in [-0.4, -0.2) is 28.2 Å². The number of benzene rings is 2. The number of hydrogen-bond donors (Lipinski definition) is 3. The summed E-state index contributed by atoms with van der Waals surface area (Å²) in [4.78, 5) is 18.4.